The fourth-order valence-electron chi connectivity index (χ4n) is 3.93. The minimum absolute atomic E-state index is 0.182. The van der Waals surface area contributed by atoms with Crippen molar-refractivity contribution in [1.82, 2.24) is 15.2 Å². The molecule has 134 valence electrons. The van der Waals surface area contributed by atoms with Crippen molar-refractivity contribution < 1.29 is 4.79 Å². The van der Waals surface area contributed by atoms with E-state index in [1.54, 1.807) is 23.1 Å². The molecule has 4 nitrogen and oxygen atoms in total. The van der Waals surface area contributed by atoms with Gasteiger partial charge in [0.25, 0.3) is 0 Å². The number of carbonyl (C=O) groups excluding carboxylic acids is 1. The fourth-order valence-corrected chi connectivity index (χ4v) is 5.48. The van der Waals surface area contributed by atoms with E-state index in [4.69, 9.17) is 0 Å². The summed E-state index contributed by atoms with van der Waals surface area (Å²) < 4.78 is 0. The van der Waals surface area contributed by atoms with Crippen LogP contribution in [-0.4, -0.2) is 47.7 Å². The number of nitrogens with zero attached hydrogens (tertiary/aromatic N) is 2. The molecular weight excluding hydrogens is 338 g/mol. The average molecular weight is 368 g/mol. The zero-order valence-electron chi connectivity index (χ0n) is 14.6. The molecule has 1 saturated heterocycles. The Bertz CT molecular complexity index is 528. The van der Waals surface area contributed by atoms with Gasteiger partial charge in [-0.1, -0.05) is 12.8 Å². The van der Waals surface area contributed by atoms with Crippen molar-refractivity contribution in [3.63, 3.8) is 0 Å². The topological polar surface area (TPSA) is 45.2 Å². The molecule has 1 N–H and O–H groups in total. The molecule has 0 radical (unpaired) electrons. The maximum absolute atomic E-state index is 12.5. The summed E-state index contributed by atoms with van der Waals surface area (Å²) in [5.41, 5.74) is 1.11. The van der Waals surface area contributed by atoms with Gasteiger partial charge in [-0.05, 0) is 38.5 Å². The third-order valence-electron chi connectivity index (χ3n) is 5.21. The van der Waals surface area contributed by atoms with E-state index >= 15 is 0 Å². The van der Waals surface area contributed by atoms with Gasteiger partial charge in [0.1, 0.15) is 5.01 Å². The molecule has 1 atom stereocenters. The standard InChI is InChI=1S/C18H29N3OS2/c1-23-13-17-20-15(12-24-17)8-9-19-18(22)14-5-4-10-21(11-14)16-6-2-3-7-16/h12,14,16H,2-11,13H2,1H3,(H,19,22)/t14-/m1/s1. The second-order valence-corrected chi connectivity index (χ2v) is 8.79. The van der Waals surface area contributed by atoms with Crippen molar-refractivity contribution in [3.8, 4) is 0 Å². The zero-order chi connectivity index (χ0) is 16.8. The van der Waals surface area contributed by atoms with Gasteiger partial charge in [0.05, 0.1) is 11.6 Å². The lowest BCUT2D eigenvalue weighted by atomic mass is 9.95. The fraction of sp³-hybridized carbons (Fsp3) is 0.778. The normalized spacial score (nSPS) is 22.8. The van der Waals surface area contributed by atoms with Gasteiger partial charge in [-0.2, -0.15) is 11.8 Å². The van der Waals surface area contributed by atoms with Crippen LogP contribution in [0.3, 0.4) is 0 Å². The number of likely N-dealkylation sites (tertiary alicyclic amines) is 1. The first kappa shape index (κ1) is 18.2. The van der Waals surface area contributed by atoms with Crippen molar-refractivity contribution in [2.45, 2.75) is 56.7 Å². The van der Waals surface area contributed by atoms with Crippen molar-refractivity contribution in [3.05, 3.63) is 16.1 Å². The summed E-state index contributed by atoms with van der Waals surface area (Å²) in [6, 6.07) is 0.741. The molecule has 2 aliphatic rings. The highest BCUT2D eigenvalue weighted by Gasteiger charge is 2.30. The number of hydrogen-bond acceptors (Lipinski definition) is 5. The van der Waals surface area contributed by atoms with E-state index in [0.29, 0.717) is 6.54 Å². The van der Waals surface area contributed by atoms with Gasteiger partial charge in [-0.25, -0.2) is 4.98 Å². The Balaban J connectivity index is 1.40. The quantitative estimate of drug-likeness (QED) is 0.803. The first-order valence-electron chi connectivity index (χ1n) is 9.20. The second-order valence-electron chi connectivity index (χ2n) is 6.98. The lowest BCUT2D eigenvalue weighted by molar-refractivity contribution is -0.127. The molecule has 0 unspecified atom stereocenters. The molecule has 1 saturated carbocycles. The molecule has 3 rings (SSSR count). The summed E-state index contributed by atoms with van der Waals surface area (Å²) >= 11 is 3.52. The van der Waals surface area contributed by atoms with E-state index in [1.807, 2.05) is 0 Å². The van der Waals surface area contributed by atoms with Crippen LogP contribution < -0.4 is 5.32 Å². The van der Waals surface area contributed by atoms with Crippen molar-refractivity contribution >= 4 is 29.0 Å². The van der Waals surface area contributed by atoms with Gasteiger partial charge in [-0.15, -0.1) is 11.3 Å². The van der Waals surface area contributed by atoms with Crippen LogP contribution in [0.5, 0.6) is 0 Å². The van der Waals surface area contributed by atoms with Crippen LogP contribution in [-0.2, 0) is 17.0 Å². The molecule has 0 bridgehead atoms. The predicted molar refractivity (Wildman–Crippen MR) is 103 cm³/mol. The monoisotopic (exact) mass is 367 g/mol. The minimum atomic E-state index is 0.182. The number of thiazole rings is 1. The number of amides is 1. The number of nitrogens with one attached hydrogen (secondary N) is 1. The van der Waals surface area contributed by atoms with Crippen LogP contribution in [0.25, 0.3) is 0 Å². The van der Waals surface area contributed by atoms with Crippen LogP contribution in [0.2, 0.25) is 0 Å². The Hall–Kier alpha value is -0.590. The molecule has 1 amide bonds. The predicted octanol–water partition coefficient (Wildman–Crippen LogP) is 3.32. The van der Waals surface area contributed by atoms with Crippen molar-refractivity contribution in [2.24, 2.45) is 5.92 Å². The SMILES string of the molecule is CSCc1nc(CCNC(=O)[C@@H]2CCCN(C3CCCC3)C2)cs1. The maximum atomic E-state index is 12.5. The van der Waals surface area contributed by atoms with Gasteiger partial charge in [-0.3, -0.25) is 9.69 Å². The Labute approximate surface area is 153 Å². The molecule has 0 spiro atoms. The van der Waals surface area contributed by atoms with Gasteiger partial charge in [0.2, 0.25) is 5.91 Å². The Morgan fingerprint density at radius 3 is 3.00 bits per heavy atom. The van der Waals surface area contributed by atoms with Crippen LogP contribution in [0.15, 0.2) is 5.38 Å². The summed E-state index contributed by atoms with van der Waals surface area (Å²) in [7, 11) is 0. The summed E-state index contributed by atoms with van der Waals surface area (Å²) in [6.45, 7) is 2.86. The number of thioether (sulfide) groups is 1. The Kier molecular flexibility index (Phi) is 6.98. The highest BCUT2D eigenvalue weighted by Crippen LogP contribution is 2.28. The van der Waals surface area contributed by atoms with Gasteiger partial charge in [0.15, 0.2) is 0 Å². The van der Waals surface area contributed by atoms with E-state index in [1.165, 1.54) is 43.7 Å². The Morgan fingerprint density at radius 1 is 1.38 bits per heavy atom. The third kappa shape index (κ3) is 4.96. The number of rotatable bonds is 7. The molecule has 1 aromatic rings. The molecule has 2 heterocycles. The highest BCUT2D eigenvalue weighted by molar-refractivity contribution is 7.97. The van der Waals surface area contributed by atoms with E-state index in [9.17, 15) is 4.79 Å². The summed E-state index contributed by atoms with van der Waals surface area (Å²) in [4.78, 5) is 19.7. The van der Waals surface area contributed by atoms with Crippen molar-refractivity contribution in [1.29, 1.82) is 0 Å². The molecule has 6 heteroatoms. The number of aromatic nitrogens is 1. The molecule has 1 aliphatic heterocycles. The molecule has 1 aliphatic carbocycles. The largest absolute Gasteiger partial charge is 0.355 e. The Morgan fingerprint density at radius 2 is 2.21 bits per heavy atom. The van der Waals surface area contributed by atoms with E-state index in [-0.39, 0.29) is 11.8 Å². The van der Waals surface area contributed by atoms with Gasteiger partial charge < -0.3 is 5.32 Å². The molecular formula is C18H29N3OS2. The number of carbonyl (C=O) groups is 1. The summed E-state index contributed by atoms with van der Waals surface area (Å²) in [5.74, 6) is 1.41. The molecule has 2 fully saturated rings. The summed E-state index contributed by atoms with van der Waals surface area (Å²) in [5, 5.41) is 6.46. The lowest BCUT2D eigenvalue weighted by Crippen LogP contribution is -2.46. The summed E-state index contributed by atoms with van der Waals surface area (Å²) in [6.07, 6.45) is 10.5. The van der Waals surface area contributed by atoms with Crippen LogP contribution in [0.4, 0.5) is 0 Å². The van der Waals surface area contributed by atoms with Crippen LogP contribution >= 0.6 is 23.1 Å². The van der Waals surface area contributed by atoms with Crippen LogP contribution in [0, 0.1) is 5.92 Å². The maximum Gasteiger partial charge on any atom is 0.224 e. The third-order valence-corrected chi connectivity index (χ3v) is 6.85. The van der Waals surface area contributed by atoms with E-state index < -0.39 is 0 Å². The molecule has 0 aromatic carbocycles. The van der Waals surface area contributed by atoms with Crippen molar-refractivity contribution in [2.75, 3.05) is 25.9 Å². The molecule has 24 heavy (non-hydrogen) atoms. The minimum Gasteiger partial charge on any atom is -0.355 e. The first-order valence-corrected chi connectivity index (χ1v) is 11.5. The lowest BCUT2D eigenvalue weighted by Gasteiger charge is -2.36. The average Bonchev–Trinajstić information content (AvgIpc) is 3.27. The smallest absolute Gasteiger partial charge is 0.224 e. The van der Waals surface area contributed by atoms with Gasteiger partial charge >= 0.3 is 0 Å². The number of hydrogen-bond donors (Lipinski definition) is 1. The van der Waals surface area contributed by atoms with Gasteiger partial charge in [0, 0.05) is 36.7 Å². The molecule has 1 aromatic heterocycles. The first-order chi connectivity index (χ1) is 11.8. The zero-order valence-corrected chi connectivity index (χ0v) is 16.3. The highest BCUT2D eigenvalue weighted by atomic mass is 32.2. The van der Waals surface area contributed by atoms with E-state index in [2.05, 4.69) is 26.8 Å². The number of piperidine rings is 1. The van der Waals surface area contributed by atoms with Crippen LogP contribution in [0.1, 0.15) is 49.2 Å². The second kappa shape index (κ2) is 9.20. The van der Waals surface area contributed by atoms with E-state index in [0.717, 1.165) is 36.9 Å².